The lowest BCUT2D eigenvalue weighted by molar-refractivity contribution is -0.119. The van der Waals surface area contributed by atoms with Crippen molar-refractivity contribution in [2.45, 2.75) is 75.3 Å². The first-order chi connectivity index (χ1) is 22.8. The van der Waals surface area contributed by atoms with Crippen LogP contribution in [0.1, 0.15) is 69.6 Å². The minimum atomic E-state index is -1.56. The van der Waals surface area contributed by atoms with E-state index in [-0.39, 0.29) is 18.7 Å². The molecule has 1 unspecified atom stereocenters. The molecule has 0 spiro atoms. The Hall–Kier alpha value is -3.66. The Kier molecular flexibility index (Phi) is 11.0. The van der Waals surface area contributed by atoms with Gasteiger partial charge in [0.2, 0.25) is 5.91 Å². The predicted molar refractivity (Wildman–Crippen MR) is 186 cm³/mol. The maximum atomic E-state index is 15.6. The van der Waals surface area contributed by atoms with Crippen LogP contribution in [0.15, 0.2) is 66.7 Å². The molecular formula is C36H41ClFN5O4S. The number of benzene rings is 3. The molecule has 1 saturated carbocycles. The molecule has 2 aliphatic rings. The summed E-state index contributed by atoms with van der Waals surface area (Å²) in [7, 11) is 1.51. The van der Waals surface area contributed by atoms with Crippen LogP contribution >= 0.6 is 11.6 Å². The van der Waals surface area contributed by atoms with E-state index in [2.05, 4.69) is 21.4 Å². The van der Waals surface area contributed by atoms with Crippen molar-refractivity contribution in [3.63, 3.8) is 0 Å². The number of carbonyl (C=O) groups excluding carboxylic acids is 2. The summed E-state index contributed by atoms with van der Waals surface area (Å²) in [6.45, 7) is 5.77. The molecule has 1 aliphatic carbocycles. The summed E-state index contributed by atoms with van der Waals surface area (Å²) in [4.78, 5) is 28.5. The van der Waals surface area contributed by atoms with E-state index >= 15 is 4.39 Å². The number of likely N-dealkylation sites (tertiary alicyclic amines) is 1. The molecule has 1 aliphatic heterocycles. The van der Waals surface area contributed by atoms with Crippen LogP contribution in [0.3, 0.4) is 0 Å². The van der Waals surface area contributed by atoms with Crippen LogP contribution in [0.2, 0.25) is 5.02 Å². The number of halogens is 2. The van der Waals surface area contributed by atoms with Crippen LogP contribution < -0.4 is 15.4 Å². The van der Waals surface area contributed by atoms with Crippen molar-refractivity contribution in [1.82, 2.24) is 9.62 Å². The minimum Gasteiger partial charge on any atom is -0.598 e. The number of carbonyl (C=O) groups is 2. The van der Waals surface area contributed by atoms with E-state index in [0.29, 0.717) is 39.7 Å². The smallest absolute Gasteiger partial charge is 0.322 e. The van der Waals surface area contributed by atoms with Gasteiger partial charge in [-0.15, -0.1) is 4.72 Å². The van der Waals surface area contributed by atoms with Crippen LogP contribution in [0, 0.1) is 23.1 Å². The Morgan fingerprint density at radius 1 is 1.08 bits per heavy atom. The third kappa shape index (κ3) is 8.31. The molecule has 3 aromatic rings. The van der Waals surface area contributed by atoms with Crippen LogP contribution in [0.25, 0.3) is 0 Å². The zero-order valence-electron chi connectivity index (χ0n) is 27.5. The lowest BCUT2D eigenvalue weighted by atomic mass is 9.79. The fraction of sp³-hybridized carbons (Fsp3) is 0.417. The van der Waals surface area contributed by atoms with Gasteiger partial charge >= 0.3 is 6.03 Å². The maximum Gasteiger partial charge on any atom is 0.322 e. The van der Waals surface area contributed by atoms with Gasteiger partial charge in [-0.2, -0.15) is 5.26 Å². The van der Waals surface area contributed by atoms with Crippen molar-refractivity contribution in [2.75, 3.05) is 24.3 Å². The fourth-order valence-corrected chi connectivity index (χ4v) is 6.98. The van der Waals surface area contributed by atoms with Gasteiger partial charge in [-0.25, -0.2) is 9.18 Å². The summed E-state index contributed by atoms with van der Waals surface area (Å²) < 4.78 is 37.6. The minimum absolute atomic E-state index is 0.0769. The van der Waals surface area contributed by atoms with E-state index in [1.54, 1.807) is 54.6 Å². The highest BCUT2D eigenvalue weighted by Gasteiger charge is 2.44. The number of rotatable bonds is 11. The Morgan fingerprint density at radius 2 is 1.79 bits per heavy atom. The molecular weight excluding hydrogens is 653 g/mol. The highest BCUT2D eigenvalue weighted by molar-refractivity contribution is 7.90. The first kappa shape index (κ1) is 35.6. The van der Waals surface area contributed by atoms with Crippen LogP contribution in [0.4, 0.5) is 20.6 Å². The number of nitriles is 1. The SMILES string of the molecule is CO[C@@H]1C[C@H](C(=O)Nc2cc([C@](CCC3CC3)(N[S+]([O-])C(C)(C)C)c3cccc(C#N)c3)ccc2F)N(C(=O)Nc2ccc(Cl)cc2)C1. The topological polar surface area (TPSA) is 130 Å². The van der Waals surface area contributed by atoms with Gasteiger partial charge < -0.3 is 24.8 Å². The highest BCUT2D eigenvalue weighted by Crippen LogP contribution is 2.43. The molecule has 48 heavy (non-hydrogen) atoms. The van der Waals surface area contributed by atoms with Gasteiger partial charge in [0, 0.05) is 42.1 Å². The lowest BCUT2D eigenvalue weighted by Crippen LogP contribution is -2.52. The first-order valence-corrected chi connectivity index (χ1v) is 17.5. The Balaban J connectivity index is 1.49. The summed E-state index contributed by atoms with van der Waals surface area (Å²) in [5, 5.41) is 15.8. The van der Waals surface area contributed by atoms with E-state index in [9.17, 15) is 19.4 Å². The molecule has 9 nitrogen and oxygen atoms in total. The van der Waals surface area contributed by atoms with Crippen molar-refractivity contribution in [2.24, 2.45) is 5.92 Å². The van der Waals surface area contributed by atoms with Crippen molar-refractivity contribution in [1.29, 1.82) is 5.26 Å². The summed E-state index contributed by atoms with van der Waals surface area (Å²) in [5.74, 6) is -0.711. The molecule has 3 amide bonds. The summed E-state index contributed by atoms with van der Waals surface area (Å²) >= 11 is 4.42. The number of methoxy groups -OCH3 is 1. The van der Waals surface area contributed by atoms with Gasteiger partial charge in [-0.1, -0.05) is 42.6 Å². The number of nitrogens with one attached hydrogen (secondary N) is 3. The lowest BCUT2D eigenvalue weighted by Gasteiger charge is -2.39. The van der Waals surface area contributed by atoms with Gasteiger partial charge in [-0.3, -0.25) is 4.79 Å². The van der Waals surface area contributed by atoms with E-state index < -0.39 is 51.5 Å². The normalized spacial score (nSPS) is 19.7. The molecule has 0 radical (unpaired) electrons. The number of urea groups is 1. The van der Waals surface area contributed by atoms with E-state index in [4.69, 9.17) is 16.3 Å². The molecule has 0 bridgehead atoms. The molecule has 0 aromatic heterocycles. The number of hydrogen-bond donors (Lipinski definition) is 3. The molecule has 1 saturated heterocycles. The second kappa shape index (κ2) is 14.8. The number of anilines is 2. The quantitative estimate of drug-likeness (QED) is 0.184. The van der Waals surface area contributed by atoms with E-state index in [1.165, 1.54) is 18.1 Å². The molecule has 4 atom stereocenters. The van der Waals surface area contributed by atoms with Crippen LogP contribution in [-0.4, -0.2) is 51.9 Å². The highest BCUT2D eigenvalue weighted by atomic mass is 35.5. The van der Waals surface area contributed by atoms with Crippen molar-refractivity contribution in [3.8, 4) is 6.07 Å². The molecule has 3 N–H and O–H groups in total. The molecule has 5 rings (SSSR count). The zero-order valence-corrected chi connectivity index (χ0v) is 29.1. The van der Waals surface area contributed by atoms with Gasteiger partial charge in [0.15, 0.2) is 0 Å². The number of amides is 3. The average molecular weight is 694 g/mol. The van der Waals surface area contributed by atoms with Gasteiger partial charge in [0.05, 0.1) is 23.4 Å². The Labute approximate surface area is 289 Å². The second-order valence-electron chi connectivity index (χ2n) is 13.4. The maximum absolute atomic E-state index is 15.6. The van der Waals surface area contributed by atoms with Crippen molar-refractivity contribution < 1.29 is 23.3 Å². The van der Waals surface area contributed by atoms with Gasteiger partial charge in [-0.05, 0) is 99.2 Å². The Morgan fingerprint density at radius 3 is 2.44 bits per heavy atom. The molecule has 12 heteroatoms. The summed E-state index contributed by atoms with van der Waals surface area (Å²) in [6, 6.07) is 19.0. The second-order valence-corrected chi connectivity index (χ2v) is 15.8. The summed E-state index contributed by atoms with van der Waals surface area (Å²) in [5.41, 5.74) is 1.10. The monoisotopic (exact) mass is 693 g/mol. The molecule has 2 fully saturated rings. The fourth-order valence-electron chi connectivity index (χ4n) is 5.89. The van der Waals surface area contributed by atoms with Gasteiger partial charge in [0.25, 0.3) is 0 Å². The first-order valence-electron chi connectivity index (χ1n) is 16.0. The largest absolute Gasteiger partial charge is 0.598 e. The van der Waals surface area contributed by atoms with Crippen LogP contribution in [-0.2, 0) is 26.4 Å². The molecule has 1 heterocycles. The number of nitrogens with zero attached hydrogens (tertiary/aromatic N) is 2. The summed E-state index contributed by atoms with van der Waals surface area (Å²) in [6.07, 6.45) is 3.38. The van der Waals surface area contributed by atoms with Crippen molar-refractivity contribution >= 4 is 46.3 Å². The third-order valence-corrected chi connectivity index (χ3v) is 10.8. The predicted octanol–water partition coefficient (Wildman–Crippen LogP) is 7.10. The number of hydrogen-bond acceptors (Lipinski definition) is 6. The molecule has 3 aromatic carbocycles. The molecule has 254 valence electrons. The average Bonchev–Trinajstić information content (AvgIpc) is 3.79. The van der Waals surface area contributed by atoms with Gasteiger partial charge in [0.1, 0.15) is 22.1 Å². The van der Waals surface area contributed by atoms with E-state index in [1.807, 2.05) is 26.8 Å². The number of ether oxygens (including phenoxy) is 1. The third-order valence-electron chi connectivity index (χ3n) is 8.90. The van der Waals surface area contributed by atoms with Crippen LogP contribution in [0.5, 0.6) is 0 Å². The van der Waals surface area contributed by atoms with E-state index in [0.717, 1.165) is 19.3 Å². The van der Waals surface area contributed by atoms with Crippen molar-refractivity contribution in [3.05, 3.63) is 94.3 Å². The zero-order chi connectivity index (χ0) is 34.6. The standard InChI is InChI=1S/C36H41ClFN5O4S/c1-35(2,3)48(46)42-36(17-16-23-8-9-23,25-7-5-6-24(18-25)21-39)26-10-15-30(38)31(19-26)41-33(44)32-20-29(47-4)22-43(32)34(45)40-28-13-11-27(37)12-14-28/h5-7,10-15,18-19,23,29,32,42H,8-9,16-17,20,22H2,1-4H3,(H,40,45)(H,41,44)/t29-,32-,36-,48?/m1/s1. The Bertz CT molecular complexity index is 1680.